The van der Waals surface area contributed by atoms with Crippen LogP contribution in [0.3, 0.4) is 0 Å². The number of aryl methyl sites for hydroxylation is 2. The van der Waals surface area contributed by atoms with Crippen LogP contribution in [-0.2, 0) is 35.7 Å². The van der Waals surface area contributed by atoms with Crippen molar-refractivity contribution in [2.75, 3.05) is 25.5 Å². The molecule has 3 aliphatic rings. The molecule has 0 bridgehead atoms. The Hall–Kier alpha value is -1.86. The van der Waals surface area contributed by atoms with Gasteiger partial charge in [-0.2, -0.15) is 0 Å². The minimum Gasteiger partial charge on any atom is -0.307 e. The molecular formula is C20H27N3O3S. The van der Waals surface area contributed by atoms with Crippen molar-refractivity contribution in [1.29, 1.82) is 0 Å². The number of benzene rings is 1. The first-order chi connectivity index (χ1) is 12.8. The van der Waals surface area contributed by atoms with Crippen molar-refractivity contribution in [1.82, 2.24) is 9.62 Å². The Morgan fingerprint density at radius 1 is 1.11 bits per heavy atom. The first kappa shape index (κ1) is 18.5. The van der Waals surface area contributed by atoms with E-state index in [2.05, 4.69) is 16.1 Å². The molecular weight excluding hydrogens is 362 g/mol. The first-order valence-electron chi connectivity index (χ1n) is 9.68. The number of nitrogens with zero attached hydrogens (tertiary/aromatic N) is 1. The molecule has 0 fully saturated rings. The van der Waals surface area contributed by atoms with Gasteiger partial charge in [0.15, 0.2) is 0 Å². The fourth-order valence-electron chi connectivity index (χ4n) is 4.72. The van der Waals surface area contributed by atoms with Crippen LogP contribution in [0.5, 0.6) is 0 Å². The lowest BCUT2D eigenvalue weighted by molar-refractivity contribution is 0.256. The number of nitrogens with one attached hydrogen (secondary N) is 2. The van der Waals surface area contributed by atoms with Crippen LogP contribution in [0.2, 0.25) is 0 Å². The second-order valence-electron chi connectivity index (χ2n) is 8.08. The monoisotopic (exact) mass is 389 g/mol. The van der Waals surface area contributed by atoms with Crippen molar-refractivity contribution in [3.63, 3.8) is 0 Å². The van der Waals surface area contributed by atoms with Crippen molar-refractivity contribution in [3.8, 4) is 0 Å². The number of amides is 2. The highest BCUT2D eigenvalue weighted by atomic mass is 32.2. The summed E-state index contributed by atoms with van der Waals surface area (Å²) in [7, 11) is -1.89. The first-order valence-corrected chi connectivity index (χ1v) is 11.2. The Labute approximate surface area is 161 Å². The van der Waals surface area contributed by atoms with Crippen LogP contribution >= 0.6 is 0 Å². The van der Waals surface area contributed by atoms with Crippen LogP contribution in [-0.4, -0.2) is 44.7 Å². The molecule has 0 saturated carbocycles. The van der Waals surface area contributed by atoms with E-state index in [1.54, 1.807) is 6.08 Å². The highest BCUT2D eigenvalue weighted by Crippen LogP contribution is 2.38. The summed E-state index contributed by atoms with van der Waals surface area (Å²) < 4.78 is 27.7. The summed E-state index contributed by atoms with van der Waals surface area (Å²) >= 11 is 0. The van der Waals surface area contributed by atoms with E-state index in [0.29, 0.717) is 6.54 Å². The molecule has 1 aliphatic heterocycles. The minimum atomic E-state index is -3.78. The van der Waals surface area contributed by atoms with Gasteiger partial charge in [-0.15, -0.1) is 0 Å². The third-order valence-electron chi connectivity index (χ3n) is 5.83. The van der Waals surface area contributed by atoms with Crippen LogP contribution < -0.4 is 10.0 Å². The lowest BCUT2D eigenvalue weighted by Crippen LogP contribution is -2.46. The molecule has 4 rings (SSSR count). The summed E-state index contributed by atoms with van der Waals surface area (Å²) in [5.41, 5.74) is 6.85. The predicted octanol–water partition coefficient (Wildman–Crippen LogP) is 2.38. The maximum Gasteiger partial charge on any atom is 0.332 e. The van der Waals surface area contributed by atoms with Gasteiger partial charge in [0.1, 0.15) is 5.25 Å². The number of anilines is 1. The van der Waals surface area contributed by atoms with Crippen molar-refractivity contribution >= 4 is 21.7 Å². The molecule has 0 aromatic heterocycles. The van der Waals surface area contributed by atoms with E-state index >= 15 is 0 Å². The van der Waals surface area contributed by atoms with Gasteiger partial charge in [-0.3, -0.25) is 0 Å². The maximum absolute atomic E-state index is 12.7. The summed E-state index contributed by atoms with van der Waals surface area (Å²) in [6.07, 6.45) is 7.89. The number of rotatable bonds is 3. The van der Waals surface area contributed by atoms with Crippen molar-refractivity contribution in [2.24, 2.45) is 0 Å². The summed E-state index contributed by atoms with van der Waals surface area (Å²) in [6.45, 7) is 3.05. The molecule has 1 unspecified atom stereocenters. The summed E-state index contributed by atoms with van der Waals surface area (Å²) in [5, 5.41) is 2.18. The van der Waals surface area contributed by atoms with Gasteiger partial charge in [-0.1, -0.05) is 17.7 Å². The Morgan fingerprint density at radius 3 is 2.33 bits per heavy atom. The number of carbonyl (C=O) groups is 1. The van der Waals surface area contributed by atoms with Gasteiger partial charge < -0.3 is 10.2 Å². The zero-order chi connectivity index (χ0) is 19.2. The van der Waals surface area contributed by atoms with Crippen molar-refractivity contribution in [2.45, 2.75) is 50.7 Å². The molecule has 7 heteroatoms. The van der Waals surface area contributed by atoms with E-state index in [-0.39, 0.29) is 0 Å². The number of hydrogen-bond acceptors (Lipinski definition) is 4. The van der Waals surface area contributed by atoms with Gasteiger partial charge in [-0.25, -0.2) is 17.9 Å². The van der Waals surface area contributed by atoms with Crippen molar-refractivity contribution in [3.05, 3.63) is 40.0 Å². The smallest absolute Gasteiger partial charge is 0.307 e. The molecule has 1 atom stereocenters. The Kier molecular flexibility index (Phi) is 4.76. The molecule has 0 saturated heterocycles. The molecule has 0 radical (unpaired) electrons. The van der Waals surface area contributed by atoms with Crippen LogP contribution in [0.15, 0.2) is 17.7 Å². The fraction of sp³-hybridized carbons (Fsp3) is 0.550. The van der Waals surface area contributed by atoms with E-state index in [4.69, 9.17) is 0 Å². The highest BCUT2D eigenvalue weighted by Gasteiger charge is 2.31. The zero-order valence-corrected chi connectivity index (χ0v) is 16.8. The third kappa shape index (κ3) is 3.62. The van der Waals surface area contributed by atoms with E-state index in [9.17, 15) is 13.2 Å². The van der Waals surface area contributed by atoms with Gasteiger partial charge in [0, 0.05) is 18.8 Å². The van der Waals surface area contributed by atoms with Crippen LogP contribution in [0, 0.1) is 0 Å². The maximum atomic E-state index is 12.7. The van der Waals surface area contributed by atoms with Gasteiger partial charge in [0.05, 0.1) is 0 Å². The number of urea groups is 1. The number of likely N-dealkylation sites (N-methyl/N-ethyl adjacent to an activating group) is 1. The number of sulfonamides is 1. The van der Waals surface area contributed by atoms with Crippen molar-refractivity contribution < 1.29 is 13.2 Å². The standard InChI is InChI=1S/C20H27N3O3S/c1-13-9-16(12-23(2)11-13)27(25,26)22-20(24)21-19-17-7-3-5-14(17)10-15-6-4-8-18(15)19/h9-10,16H,3-8,11-12H2,1-2H3,(H2,21,22,24). The molecule has 2 amide bonds. The molecule has 27 heavy (non-hydrogen) atoms. The summed E-state index contributed by atoms with van der Waals surface area (Å²) in [4.78, 5) is 14.6. The number of fused-ring (bicyclic) bond motifs is 2. The molecule has 0 spiro atoms. The molecule has 146 valence electrons. The van der Waals surface area contributed by atoms with E-state index < -0.39 is 21.3 Å². The lowest BCUT2D eigenvalue weighted by atomic mass is 9.99. The van der Waals surface area contributed by atoms with Gasteiger partial charge >= 0.3 is 6.03 Å². The SMILES string of the molecule is CC1=CC(S(=O)(=O)NC(=O)Nc2c3c(cc4c2CCC4)CCC3)CN(C)C1. The summed E-state index contributed by atoms with van der Waals surface area (Å²) in [6, 6.07) is 1.64. The van der Waals surface area contributed by atoms with E-state index in [1.807, 2.05) is 18.9 Å². The Bertz CT molecular complexity index is 889. The largest absolute Gasteiger partial charge is 0.332 e. The number of carbonyl (C=O) groups excluding carboxylic acids is 1. The molecule has 1 aromatic carbocycles. The quantitative estimate of drug-likeness (QED) is 0.778. The Morgan fingerprint density at radius 2 is 1.74 bits per heavy atom. The lowest BCUT2D eigenvalue weighted by Gasteiger charge is -2.27. The zero-order valence-electron chi connectivity index (χ0n) is 16.0. The second-order valence-corrected chi connectivity index (χ2v) is 9.98. The van der Waals surface area contributed by atoms with Gasteiger partial charge in [-0.05, 0) is 74.8 Å². The summed E-state index contributed by atoms with van der Waals surface area (Å²) in [5.74, 6) is 0. The predicted molar refractivity (Wildman–Crippen MR) is 107 cm³/mol. The Balaban J connectivity index is 1.55. The van der Waals surface area contributed by atoms with E-state index in [1.165, 1.54) is 22.3 Å². The molecule has 2 aliphatic carbocycles. The van der Waals surface area contributed by atoms with Gasteiger partial charge in [0.2, 0.25) is 10.0 Å². The van der Waals surface area contributed by atoms with Crippen LogP contribution in [0.25, 0.3) is 0 Å². The normalized spacial score (nSPS) is 22.1. The average molecular weight is 390 g/mol. The van der Waals surface area contributed by atoms with E-state index in [0.717, 1.165) is 56.3 Å². The minimum absolute atomic E-state index is 0.385. The highest BCUT2D eigenvalue weighted by molar-refractivity contribution is 7.90. The van der Waals surface area contributed by atoms with Gasteiger partial charge in [0.25, 0.3) is 0 Å². The molecule has 1 aromatic rings. The number of hydrogen-bond donors (Lipinski definition) is 2. The van der Waals surface area contributed by atoms with Crippen LogP contribution in [0.4, 0.5) is 10.5 Å². The fourth-order valence-corrected chi connectivity index (χ4v) is 6.04. The molecule has 6 nitrogen and oxygen atoms in total. The average Bonchev–Trinajstić information content (AvgIpc) is 3.22. The second kappa shape index (κ2) is 6.95. The third-order valence-corrected chi connectivity index (χ3v) is 7.38. The molecule has 1 heterocycles. The van der Waals surface area contributed by atoms with Crippen LogP contribution in [0.1, 0.15) is 42.0 Å². The topological polar surface area (TPSA) is 78.5 Å². The molecule has 2 N–H and O–H groups in total.